The summed E-state index contributed by atoms with van der Waals surface area (Å²) < 4.78 is 14.6. The third-order valence-electron chi connectivity index (χ3n) is 3.66. The molecule has 2 heterocycles. The Morgan fingerprint density at radius 1 is 1.29 bits per heavy atom. The first kappa shape index (κ1) is 13.6. The van der Waals surface area contributed by atoms with E-state index in [1.807, 2.05) is 22.9 Å². The van der Waals surface area contributed by atoms with E-state index in [0.29, 0.717) is 17.9 Å². The highest BCUT2D eigenvalue weighted by molar-refractivity contribution is 5.95. The number of fused-ring (bicyclic) bond motifs is 1. The number of carbonyl (C=O) groups excluding carboxylic acids is 1. The van der Waals surface area contributed by atoms with Crippen LogP contribution in [0, 0.1) is 17.8 Å². The SMILES string of the molecule is CC1CC(=O)c2cc(C#Cc3cccc(CF)c3)cn2C1. The van der Waals surface area contributed by atoms with E-state index in [9.17, 15) is 9.18 Å². The van der Waals surface area contributed by atoms with Crippen LogP contribution < -0.4 is 0 Å². The smallest absolute Gasteiger partial charge is 0.179 e. The maximum absolute atomic E-state index is 12.6. The molecule has 0 fully saturated rings. The lowest BCUT2D eigenvalue weighted by Crippen LogP contribution is -2.22. The third-order valence-corrected chi connectivity index (χ3v) is 3.66. The normalized spacial score (nSPS) is 17.0. The summed E-state index contributed by atoms with van der Waals surface area (Å²) in [5.41, 5.74) is 2.99. The van der Waals surface area contributed by atoms with E-state index < -0.39 is 6.67 Å². The fourth-order valence-electron chi connectivity index (χ4n) is 2.66. The van der Waals surface area contributed by atoms with Crippen molar-refractivity contribution in [1.82, 2.24) is 4.57 Å². The molecule has 1 aliphatic rings. The number of hydrogen-bond donors (Lipinski definition) is 0. The number of Topliss-reactive ketones (excluding diaryl/α,β-unsaturated/α-hetero) is 1. The molecule has 2 aromatic rings. The zero-order valence-corrected chi connectivity index (χ0v) is 11.9. The molecule has 106 valence electrons. The molecule has 0 amide bonds. The fourth-order valence-corrected chi connectivity index (χ4v) is 2.66. The van der Waals surface area contributed by atoms with Gasteiger partial charge < -0.3 is 4.57 Å². The number of rotatable bonds is 1. The van der Waals surface area contributed by atoms with Crippen molar-refractivity contribution in [3.05, 3.63) is 58.9 Å². The first-order valence-electron chi connectivity index (χ1n) is 7.06. The summed E-state index contributed by atoms with van der Waals surface area (Å²) in [7, 11) is 0. The zero-order chi connectivity index (χ0) is 14.8. The highest BCUT2D eigenvalue weighted by atomic mass is 19.1. The first-order valence-corrected chi connectivity index (χ1v) is 7.06. The van der Waals surface area contributed by atoms with Crippen molar-refractivity contribution in [3.63, 3.8) is 0 Å². The van der Waals surface area contributed by atoms with Crippen LogP contribution in [0.3, 0.4) is 0 Å². The molecule has 2 nitrogen and oxygen atoms in total. The number of benzene rings is 1. The highest BCUT2D eigenvalue weighted by Crippen LogP contribution is 2.21. The van der Waals surface area contributed by atoms with E-state index in [1.54, 1.807) is 18.2 Å². The molecule has 0 bridgehead atoms. The molecular weight excluding hydrogens is 265 g/mol. The molecule has 0 aliphatic carbocycles. The van der Waals surface area contributed by atoms with Crippen molar-refractivity contribution in [1.29, 1.82) is 0 Å². The van der Waals surface area contributed by atoms with E-state index in [-0.39, 0.29) is 5.78 Å². The predicted molar refractivity (Wildman–Crippen MR) is 79.8 cm³/mol. The highest BCUT2D eigenvalue weighted by Gasteiger charge is 2.22. The maximum Gasteiger partial charge on any atom is 0.179 e. The van der Waals surface area contributed by atoms with Gasteiger partial charge in [-0.3, -0.25) is 4.79 Å². The van der Waals surface area contributed by atoms with E-state index in [4.69, 9.17) is 0 Å². The summed E-state index contributed by atoms with van der Waals surface area (Å²) >= 11 is 0. The van der Waals surface area contributed by atoms with Crippen LogP contribution in [0.1, 0.15) is 40.5 Å². The van der Waals surface area contributed by atoms with Gasteiger partial charge in [-0.15, -0.1) is 0 Å². The van der Waals surface area contributed by atoms with E-state index >= 15 is 0 Å². The molecule has 0 spiro atoms. The molecule has 0 saturated heterocycles. The number of hydrogen-bond acceptors (Lipinski definition) is 1. The lowest BCUT2D eigenvalue weighted by Gasteiger charge is -2.19. The van der Waals surface area contributed by atoms with Gasteiger partial charge >= 0.3 is 0 Å². The minimum absolute atomic E-state index is 0.182. The van der Waals surface area contributed by atoms with Gasteiger partial charge in [0.05, 0.1) is 5.69 Å². The van der Waals surface area contributed by atoms with Crippen LogP contribution in [0.2, 0.25) is 0 Å². The van der Waals surface area contributed by atoms with Gasteiger partial charge in [0.25, 0.3) is 0 Å². The summed E-state index contributed by atoms with van der Waals surface area (Å²) in [6.45, 7) is 2.46. The van der Waals surface area contributed by atoms with Crippen LogP contribution in [-0.2, 0) is 13.2 Å². The van der Waals surface area contributed by atoms with Crippen molar-refractivity contribution in [2.45, 2.75) is 26.6 Å². The molecule has 3 rings (SSSR count). The standard InChI is InChI=1S/C18H16FNO/c1-13-7-18(21)17-9-16(12-20(17)11-13)6-5-14-3-2-4-15(8-14)10-19/h2-4,8-9,12-13H,7,10-11H2,1H3. The van der Waals surface area contributed by atoms with Gasteiger partial charge in [0.15, 0.2) is 5.78 Å². The Morgan fingerprint density at radius 3 is 2.90 bits per heavy atom. The molecule has 0 N–H and O–H groups in total. The molecule has 1 aromatic heterocycles. The summed E-state index contributed by atoms with van der Waals surface area (Å²) in [6.07, 6.45) is 2.53. The number of ketones is 1. The molecule has 1 unspecified atom stereocenters. The largest absolute Gasteiger partial charge is 0.344 e. The van der Waals surface area contributed by atoms with E-state index in [1.165, 1.54) is 0 Å². The Kier molecular flexibility index (Phi) is 3.62. The average molecular weight is 281 g/mol. The summed E-state index contributed by atoms with van der Waals surface area (Å²) in [6, 6.07) is 8.99. The third kappa shape index (κ3) is 2.90. The maximum atomic E-state index is 12.6. The molecular formula is C18H16FNO. The number of carbonyl (C=O) groups is 1. The first-order chi connectivity index (χ1) is 10.2. The van der Waals surface area contributed by atoms with E-state index in [0.717, 1.165) is 23.4 Å². The van der Waals surface area contributed by atoms with Crippen molar-refractivity contribution in [2.75, 3.05) is 0 Å². The van der Waals surface area contributed by atoms with Crippen LogP contribution in [0.15, 0.2) is 36.5 Å². The molecule has 3 heteroatoms. The monoisotopic (exact) mass is 281 g/mol. The van der Waals surface area contributed by atoms with E-state index in [2.05, 4.69) is 18.8 Å². The van der Waals surface area contributed by atoms with Gasteiger partial charge in [-0.2, -0.15) is 0 Å². The fraction of sp³-hybridized carbons (Fsp3) is 0.278. The van der Waals surface area contributed by atoms with Crippen molar-refractivity contribution >= 4 is 5.78 Å². The van der Waals surface area contributed by atoms with Gasteiger partial charge in [0.1, 0.15) is 6.67 Å². The Hall–Kier alpha value is -2.34. The summed E-state index contributed by atoms with van der Waals surface area (Å²) in [5, 5.41) is 0. The Morgan fingerprint density at radius 2 is 2.10 bits per heavy atom. The molecule has 0 saturated carbocycles. The second kappa shape index (κ2) is 5.57. The topological polar surface area (TPSA) is 22.0 Å². The molecule has 1 aliphatic heterocycles. The Balaban J connectivity index is 1.88. The second-order valence-corrected chi connectivity index (χ2v) is 5.58. The Labute approximate surface area is 123 Å². The van der Waals surface area contributed by atoms with Crippen molar-refractivity contribution in [3.8, 4) is 11.8 Å². The number of nitrogens with zero attached hydrogens (tertiary/aromatic N) is 1. The number of alkyl halides is 1. The molecule has 21 heavy (non-hydrogen) atoms. The minimum Gasteiger partial charge on any atom is -0.344 e. The van der Waals surface area contributed by atoms with Crippen LogP contribution >= 0.6 is 0 Å². The van der Waals surface area contributed by atoms with Crippen molar-refractivity contribution < 1.29 is 9.18 Å². The van der Waals surface area contributed by atoms with Gasteiger partial charge in [0.2, 0.25) is 0 Å². The molecule has 1 aromatic carbocycles. The second-order valence-electron chi connectivity index (χ2n) is 5.58. The van der Waals surface area contributed by atoms with Gasteiger partial charge in [-0.1, -0.05) is 30.9 Å². The van der Waals surface area contributed by atoms with Gasteiger partial charge in [0, 0.05) is 30.3 Å². The summed E-state index contributed by atoms with van der Waals surface area (Å²) in [5.74, 6) is 6.65. The quantitative estimate of drug-likeness (QED) is 0.732. The average Bonchev–Trinajstić information content (AvgIpc) is 2.88. The van der Waals surface area contributed by atoms with Gasteiger partial charge in [-0.25, -0.2) is 4.39 Å². The van der Waals surface area contributed by atoms with Crippen LogP contribution in [-0.4, -0.2) is 10.4 Å². The Bertz CT molecular complexity index is 748. The lowest BCUT2D eigenvalue weighted by molar-refractivity contribution is 0.0929. The number of aromatic nitrogens is 1. The lowest BCUT2D eigenvalue weighted by atomic mass is 9.99. The predicted octanol–water partition coefficient (Wildman–Crippen LogP) is 3.58. The van der Waals surface area contributed by atoms with Gasteiger partial charge in [-0.05, 0) is 29.7 Å². The number of halogens is 1. The van der Waals surface area contributed by atoms with Crippen LogP contribution in [0.5, 0.6) is 0 Å². The minimum atomic E-state index is -0.484. The van der Waals surface area contributed by atoms with Crippen LogP contribution in [0.25, 0.3) is 0 Å². The molecule has 1 atom stereocenters. The molecule has 0 radical (unpaired) electrons. The zero-order valence-electron chi connectivity index (χ0n) is 11.9. The summed E-state index contributed by atoms with van der Waals surface area (Å²) in [4.78, 5) is 12.0. The van der Waals surface area contributed by atoms with Crippen LogP contribution in [0.4, 0.5) is 4.39 Å². The van der Waals surface area contributed by atoms with Crippen molar-refractivity contribution in [2.24, 2.45) is 5.92 Å².